The zero-order valence-corrected chi connectivity index (χ0v) is 8.32. The number of hydrogen-bond donors (Lipinski definition) is 2. The summed E-state index contributed by atoms with van der Waals surface area (Å²) in [5.74, 6) is 0.521. The van der Waals surface area contributed by atoms with Crippen molar-refractivity contribution in [3.8, 4) is 10.7 Å². The zero-order valence-electron chi connectivity index (χ0n) is 6.68. The zero-order chi connectivity index (χ0) is 10.1. The average molecular weight is 228 g/mol. The number of rotatable bonds is 2. The highest BCUT2D eigenvalue weighted by Gasteiger charge is 2.11. The van der Waals surface area contributed by atoms with Crippen molar-refractivity contribution in [2.75, 3.05) is 0 Å². The molecule has 8 heteroatoms. The number of nitrogens with one attached hydrogen (secondary N) is 2. The van der Waals surface area contributed by atoms with Crippen molar-refractivity contribution in [3.63, 3.8) is 0 Å². The molecule has 6 nitrogen and oxygen atoms in total. The van der Waals surface area contributed by atoms with Crippen LogP contribution in [0.15, 0.2) is 11.4 Å². The van der Waals surface area contributed by atoms with Crippen LogP contribution < -0.4 is 0 Å². The molecule has 2 aromatic heterocycles. The summed E-state index contributed by atoms with van der Waals surface area (Å²) in [6.07, 6.45) is 0. The molecule has 0 unspecified atom stereocenters. The van der Waals surface area contributed by atoms with Crippen LogP contribution in [-0.2, 0) is 0 Å². The largest absolute Gasteiger partial charge is 0.281 e. The topological polar surface area (TPSA) is 87.6 Å². The summed E-state index contributed by atoms with van der Waals surface area (Å²) in [7, 11) is 0. The Morgan fingerprint density at radius 3 is 2.86 bits per heavy atom. The lowest BCUT2D eigenvalue weighted by molar-refractivity contribution is -0.384. The Labute approximate surface area is 86.8 Å². The first kappa shape index (κ1) is 9.03. The second kappa shape index (κ2) is 3.31. The van der Waals surface area contributed by atoms with Crippen molar-refractivity contribution in [1.29, 1.82) is 0 Å². The molecule has 2 N–H and O–H groups in total. The molecule has 0 atom stereocenters. The van der Waals surface area contributed by atoms with Crippen LogP contribution in [0.2, 0.25) is 0 Å². The number of nitro groups is 1. The van der Waals surface area contributed by atoms with E-state index in [0.717, 1.165) is 0 Å². The molecule has 0 bridgehead atoms. The van der Waals surface area contributed by atoms with Crippen LogP contribution in [0.25, 0.3) is 10.7 Å². The maximum Gasteiger partial charge on any atom is 0.280 e. The molecule has 14 heavy (non-hydrogen) atoms. The van der Waals surface area contributed by atoms with Gasteiger partial charge in [0.2, 0.25) is 4.77 Å². The van der Waals surface area contributed by atoms with Crippen LogP contribution in [0.5, 0.6) is 0 Å². The van der Waals surface area contributed by atoms with Gasteiger partial charge in [0.05, 0.1) is 15.2 Å². The maximum absolute atomic E-state index is 10.4. The number of aromatic nitrogens is 3. The summed E-state index contributed by atoms with van der Waals surface area (Å²) in [6.45, 7) is 0. The Bertz CT molecular complexity index is 526. The van der Waals surface area contributed by atoms with Crippen molar-refractivity contribution in [2.24, 2.45) is 0 Å². The van der Waals surface area contributed by atoms with Gasteiger partial charge in [-0.05, 0) is 12.2 Å². The molecular formula is C6H4N4O2S2. The Hall–Kier alpha value is -1.54. The quantitative estimate of drug-likeness (QED) is 0.468. The lowest BCUT2D eigenvalue weighted by atomic mass is 10.4. The van der Waals surface area contributed by atoms with E-state index < -0.39 is 4.92 Å². The van der Waals surface area contributed by atoms with Crippen molar-refractivity contribution >= 4 is 29.2 Å². The third kappa shape index (κ3) is 1.56. The first-order valence-electron chi connectivity index (χ1n) is 3.55. The lowest BCUT2D eigenvalue weighted by Crippen LogP contribution is -1.83. The van der Waals surface area contributed by atoms with Crippen LogP contribution >= 0.6 is 23.6 Å². The van der Waals surface area contributed by atoms with Gasteiger partial charge in [-0.3, -0.25) is 20.3 Å². The van der Waals surface area contributed by atoms with Crippen molar-refractivity contribution in [1.82, 2.24) is 15.2 Å². The molecule has 0 saturated heterocycles. The lowest BCUT2D eigenvalue weighted by Gasteiger charge is -1.84. The fraction of sp³-hybridized carbons (Fsp3) is 0. The number of H-pyrrole nitrogens is 2. The molecular weight excluding hydrogens is 224 g/mol. The monoisotopic (exact) mass is 228 g/mol. The highest BCUT2D eigenvalue weighted by Crippen LogP contribution is 2.27. The summed E-state index contributed by atoms with van der Waals surface area (Å²) < 4.78 is 0.330. The molecule has 0 spiro atoms. The van der Waals surface area contributed by atoms with Gasteiger partial charge in [0.25, 0.3) is 5.69 Å². The molecule has 0 radical (unpaired) electrons. The smallest absolute Gasteiger partial charge is 0.280 e. The van der Waals surface area contributed by atoms with Gasteiger partial charge in [-0.15, -0.1) is 11.3 Å². The highest BCUT2D eigenvalue weighted by molar-refractivity contribution is 7.71. The van der Waals surface area contributed by atoms with E-state index >= 15 is 0 Å². The standard InChI is InChI=1S/C6H4N4O2S2/c11-10(12)3-1-4(14-2-3)5-7-6(13)9-8-5/h1-2H,(H2,7,8,9,13). The Morgan fingerprint density at radius 1 is 1.57 bits per heavy atom. The summed E-state index contributed by atoms with van der Waals surface area (Å²) in [5, 5.41) is 17.2. The highest BCUT2D eigenvalue weighted by atomic mass is 32.1. The third-order valence-corrected chi connectivity index (χ3v) is 2.65. The van der Waals surface area contributed by atoms with Gasteiger partial charge in [-0.1, -0.05) is 0 Å². The van der Waals surface area contributed by atoms with E-state index in [2.05, 4.69) is 15.2 Å². The fourth-order valence-electron chi connectivity index (χ4n) is 0.933. The van der Waals surface area contributed by atoms with Crippen molar-refractivity contribution in [3.05, 3.63) is 26.3 Å². The first-order valence-corrected chi connectivity index (χ1v) is 4.83. The van der Waals surface area contributed by atoms with Gasteiger partial charge in [0.1, 0.15) is 0 Å². The fourth-order valence-corrected chi connectivity index (χ4v) is 1.87. The molecule has 0 aliphatic heterocycles. The molecule has 72 valence electrons. The van der Waals surface area contributed by atoms with E-state index in [-0.39, 0.29) is 5.69 Å². The molecule has 2 heterocycles. The summed E-state index contributed by atoms with van der Waals surface area (Å²) in [4.78, 5) is 14.6. The van der Waals surface area contributed by atoms with E-state index in [1.54, 1.807) is 0 Å². The van der Waals surface area contributed by atoms with Gasteiger partial charge < -0.3 is 0 Å². The van der Waals surface area contributed by atoms with E-state index in [1.807, 2.05) is 0 Å². The predicted octanol–water partition coefficient (Wildman–Crippen LogP) is 2.10. The van der Waals surface area contributed by atoms with Gasteiger partial charge in [-0.2, -0.15) is 4.98 Å². The van der Waals surface area contributed by atoms with Crippen LogP contribution in [0, 0.1) is 14.9 Å². The second-order valence-electron chi connectivity index (χ2n) is 2.44. The van der Waals surface area contributed by atoms with E-state index in [4.69, 9.17) is 12.2 Å². The summed E-state index contributed by atoms with van der Waals surface area (Å²) in [6, 6.07) is 1.45. The predicted molar refractivity (Wildman–Crippen MR) is 53.7 cm³/mol. The summed E-state index contributed by atoms with van der Waals surface area (Å²) in [5.41, 5.74) is 0.0623. The van der Waals surface area contributed by atoms with Crippen LogP contribution in [0.3, 0.4) is 0 Å². The molecule has 0 aliphatic carbocycles. The SMILES string of the molecule is O=[N+]([O-])c1csc(-c2nc(=S)[nH][nH]2)c1. The van der Waals surface area contributed by atoms with Crippen LogP contribution in [0.1, 0.15) is 0 Å². The Kier molecular flexibility index (Phi) is 2.14. The maximum atomic E-state index is 10.4. The first-order chi connectivity index (χ1) is 6.66. The molecule has 2 aromatic rings. The number of aromatic amines is 2. The van der Waals surface area contributed by atoms with E-state index in [9.17, 15) is 10.1 Å². The van der Waals surface area contributed by atoms with Gasteiger partial charge in [0.15, 0.2) is 5.82 Å². The van der Waals surface area contributed by atoms with Gasteiger partial charge in [-0.25, -0.2) is 0 Å². The van der Waals surface area contributed by atoms with Crippen molar-refractivity contribution in [2.45, 2.75) is 0 Å². The molecule has 0 amide bonds. The van der Waals surface area contributed by atoms with E-state index in [0.29, 0.717) is 15.5 Å². The normalized spacial score (nSPS) is 10.3. The molecule has 0 saturated carbocycles. The molecule has 0 aliphatic rings. The number of nitrogens with zero attached hydrogens (tertiary/aromatic N) is 2. The second-order valence-corrected chi connectivity index (χ2v) is 3.74. The van der Waals surface area contributed by atoms with E-state index in [1.165, 1.54) is 22.8 Å². The summed E-state index contributed by atoms with van der Waals surface area (Å²) >= 11 is 6.01. The minimum absolute atomic E-state index is 0.0623. The van der Waals surface area contributed by atoms with Crippen LogP contribution in [-0.4, -0.2) is 20.1 Å². The van der Waals surface area contributed by atoms with Gasteiger partial charge >= 0.3 is 0 Å². The average Bonchev–Trinajstić information content (AvgIpc) is 2.70. The minimum atomic E-state index is -0.443. The Balaban J connectivity index is 2.43. The molecule has 0 aromatic carbocycles. The van der Waals surface area contributed by atoms with Crippen molar-refractivity contribution < 1.29 is 4.92 Å². The van der Waals surface area contributed by atoms with Gasteiger partial charge in [0, 0.05) is 6.07 Å². The molecule has 2 rings (SSSR count). The third-order valence-electron chi connectivity index (χ3n) is 1.53. The number of hydrogen-bond acceptors (Lipinski definition) is 5. The molecule has 0 fully saturated rings. The minimum Gasteiger partial charge on any atom is -0.281 e. The number of thiophene rings is 1. The Morgan fingerprint density at radius 2 is 2.36 bits per heavy atom. The van der Waals surface area contributed by atoms with Crippen LogP contribution in [0.4, 0.5) is 5.69 Å².